The van der Waals surface area contributed by atoms with Crippen LogP contribution in [0.3, 0.4) is 0 Å². The zero-order valence-electron chi connectivity index (χ0n) is 7.06. The average Bonchev–Trinajstić information content (AvgIpc) is 2.15. The molecular formula is C9H11BrN2O. The van der Waals surface area contributed by atoms with E-state index in [0.717, 1.165) is 0 Å². The Kier molecular flexibility index (Phi) is 5.94. The standard InChI is InChI=1S/C9H10N2O.BrH/c10-4-5-12-9-3-1-2-8(6-9)7-11;/h1-3,6H,4-5,10H2;1H. The molecule has 0 saturated heterocycles. The van der Waals surface area contributed by atoms with Crippen molar-refractivity contribution in [2.24, 2.45) is 5.73 Å². The van der Waals surface area contributed by atoms with E-state index in [-0.39, 0.29) is 17.0 Å². The van der Waals surface area contributed by atoms with Gasteiger partial charge in [0.05, 0.1) is 11.6 Å². The lowest BCUT2D eigenvalue weighted by Crippen LogP contribution is -2.10. The topological polar surface area (TPSA) is 59.0 Å². The highest BCUT2D eigenvalue weighted by molar-refractivity contribution is 8.93. The minimum atomic E-state index is 0. The summed E-state index contributed by atoms with van der Waals surface area (Å²) in [5, 5.41) is 8.56. The molecule has 0 spiro atoms. The van der Waals surface area contributed by atoms with Gasteiger partial charge in [0.2, 0.25) is 0 Å². The van der Waals surface area contributed by atoms with Crippen molar-refractivity contribution >= 4 is 17.0 Å². The summed E-state index contributed by atoms with van der Waals surface area (Å²) < 4.78 is 5.22. The largest absolute Gasteiger partial charge is 0.492 e. The van der Waals surface area contributed by atoms with Gasteiger partial charge >= 0.3 is 0 Å². The minimum absolute atomic E-state index is 0. The summed E-state index contributed by atoms with van der Waals surface area (Å²) in [6, 6.07) is 9.04. The molecule has 0 aliphatic heterocycles. The van der Waals surface area contributed by atoms with Crippen LogP contribution in [-0.4, -0.2) is 13.2 Å². The molecule has 0 aliphatic carbocycles. The number of rotatable bonds is 3. The smallest absolute Gasteiger partial charge is 0.120 e. The first-order valence-electron chi connectivity index (χ1n) is 3.70. The Morgan fingerprint density at radius 2 is 2.23 bits per heavy atom. The zero-order valence-corrected chi connectivity index (χ0v) is 8.78. The molecule has 0 radical (unpaired) electrons. The fourth-order valence-electron chi connectivity index (χ4n) is 0.832. The third-order valence-electron chi connectivity index (χ3n) is 1.35. The van der Waals surface area contributed by atoms with Gasteiger partial charge in [-0.25, -0.2) is 0 Å². The normalized spacial score (nSPS) is 8.31. The van der Waals surface area contributed by atoms with Gasteiger partial charge < -0.3 is 10.5 Å². The van der Waals surface area contributed by atoms with Crippen LogP contribution in [0, 0.1) is 11.3 Å². The van der Waals surface area contributed by atoms with Gasteiger partial charge in [-0.2, -0.15) is 5.26 Å². The third kappa shape index (κ3) is 3.92. The van der Waals surface area contributed by atoms with Crippen LogP contribution >= 0.6 is 17.0 Å². The number of halogens is 1. The minimum Gasteiger partial charge on any atom is -0.492 e. The molecule has 13 heavy (non-hydrogen) atoms. The van der Waals surface area contributed by atoms with Crippen molar-refractivity contribution in [3.05, 3.63) is 29.8 Å². The van der Waals surface area contributed by atoms with Gasteiger partial charge in [-0.3, -0.25) is 0 Å². The van der Waals surface area contributed by atoms with Gasteiger partial charge in [-0.15, -0.1) is 17.0 Å². The summed E-state index contributed by atoms with van der Waals surface area (Å²) >= 11 is 0. The molecule has 70 valence electrons. The highest BCUT2D eigenvalue weighted by Gasteiger charge is 1.93. The maximum absolute atomic E-state index is 8.56. The predicted octanol–water partition coefficient (Wildman–Crippen LogP) is 1.47. The number of nitrogens with zero attached hydrogens (tertiary/aromatic N) is 1. The van der Waals surface area contributed by atoms with E-state index in [1.54, 1.807) is 24.3 Å². The number of benzene rings is 1. The van der Waals surface area contributed by atoms with E-state index in [0.29, 0.717) is 24.5 Å². The second-order valence-corrected chi connectivity index (χ2v) is 2.28. The van der Waals surface area contributed by atoms with E-state index < -0.39 is 0 Å². The molecule has 0 bridgehead atoms. The molecule has 0 heterocycles. The molecule has 0 atom stereocenters. The van der Waals surface area contributed by atoms with Crippen molar-refractivity contribution in [3.63, 3.8) is 0 Å². The van der Waals surface area contributed by atoms with Gasteiger partial charge in [-0.1, -0.05) is 6.07 Å². The molecule has 0 saturated carbocycles. The van der Waals surface area contributed by atoms with Crippen LogP contribution in [0.5, 0.6) is 5.75 Å². The summed E-state index contributed by atoms with van der Waals surface area (Å²) in [6.07, 6.45) is 0. The monoisotopic (exact) mass is 242 g/mol. The summed E-state index contributed by atoms with van der Waals surface area (Å²) in [5.74, 6) is 0.694. The van der Waals surface area contributed by atoms with Crippen molar-refractivity contribution in [2.75, 3.05) is 13.2 Å². The maximum Gasteiger partial charge on any atom is 0.120 e. The van der Waals surface area contributed by atoms with E-state index in [4.69, 9.17) is 15.7 Å². The van der Waals surface area contributed by atoms with Crippen LogP contribution in [0.2, 0.25) is 0 Å². The Morgan fingerprint density at radius 1 is 1.46 bits per heavy atom. The molecule has 0 unspecified atom stereocenters. The highest BCUT2D eigenvalue weighted by Crippen LogP contribution is 2.11. The lowest BCUT2D eigenvalue weighted by atomic mass is 10.2. The van der Waals surface area contributed by atoms with Crippen LogP contribution in [0.25, 0.3) is 0 Å². The number of nitriles is 1. The molecule has 4 heteroatoms. The fraction of sp³-hybridized carbons (Fsp3) is 0.222. The fourth-order valence-corrected chi connectivity index (χ4v) is 0.832. The van der Waals surface area contributed by atoms with Crippen molar-refractivity contribution in [1.82, 2.24) is 0 Å². The Morgan fingerprint density at radius 3 is 2.85 bits per heavy atom. The maximum atomic E-state index is 8.56. The Labute approximate surface area is 87.9 Å². The summed E-state index contributed by atoms with van der Waals surface area (Å²) in [5.41, 5.74) is 5.86. The van der Waals surface area contributed by atoms with Crippen LogP contribution < -0.4 is 10.5 Å². The van der Waals surface area contributed by atoms with Crippen molar-refractivity contribution < 1.29 is 4.74 Å². The van der Waals surface area contributed by atoms with Gasteiger partial charge in [0.1, 0.15) is 12.4 Å². The molecule has 1 rings (SSSR count). The van der Waals surface area contributed by atoms with Crippen molar-refractivity contribution in [2.45, 2.75) is 0 Å². The van der Waals surface area contributed by atoms with Gasteiger partial charge in [0.15, 0.2) is 0 Å². The SMILES string of the molecule is Br.N#Cc1cccc(OCCN)c1. The predicted molar refractivity (Wildman–Crippen MR) is 56.0 cm³/mol. The molecule has 0 fully saturated rings. The second-order valence-electron chi connectivity index (χ2n) is 2.28. The third-order valence-corrected chi connectivity index (χ3v) is 1.35. The van der Waals surface area contributed by atoms with E-state index in [1.807, 2.05) is 6.07 Å². The Bertz CT molecular complexity index is 296. The first kappa shape index (κ1) is 11.9. The number of hydrogen-bond donors (Lipinski definition) is 1. The molecule has 1 aromatic rings. The number of nitrogens with two attached hydrogens (primary N) is 1. The summed E-state index contributed by atoms with van der Waals surface area (Å²) in [7, 11) is 0. The van der Waals surface area contributed by atoms with Gasteiger partial charge in [-0.05, 0) is 18.2 Å². The first-order valence-corrected chi connectivity index (χ1v) is 3.70. The molecule has 1 aromatic carbocycles. The van der Waals surface area contributed by atoms with Crippen LogP contribution in [-0.2, 0) is 0 Å². The van der Waals surface area contributed by atoms with Gasteiger partial charge in [0, 0.05) is 6.54 Å². The Balaban J connectivity index is 0.00000144. The molecule has 0 aliphatic rings. The molecule has 0 aromatic heterocycles. The lowest BCUT2D eigenvalue weighted by molar-refractivity contribution is 0.328. The zero-order chi connectivity index (χ0) is 8.81. The quantitative estimate of drug-likeness (QED) is 0.874. The molecule has 2 N–H and O–H groups in total. The van der Waals surface area contributed by atoms with E-state index >= 15 is 0 Å². The van der Waals surface area contributed by atoms with Crippen LogP contribution in [0.4, 0.5) is 0 Å². The van der Waals surface area contributed by atoms with Crippen LogP contribution in [0.15, 0.2) is 24.3 Å². The number of ether oxygens (including phenoxy) is 1. The van der Waals surface area contributed by atoms with E-state index in [2.05, 4.69) is 0 Å². The van der Waals surface area contributed by atoms with Crippen molar-refractivity contribution in [1.29, 1.82) is 5.26 Å². The van der Waals surface area contributed by atoms with Crippen molar-refractivity contribution in [3.8, 4) is 11.8 Å². The molecule has 0 amide bonds. The van der Waals surface area contributed by atoms with Gasteiger partial charge in [0.25, 0.3) is 0 Å². The summed E-state index contributed by atoms with van der Waals surface area (Å²) in [6.45, 7) is 0.964. The van der Waals surface area contributed by atoms with E-state index in [9.17, 15) is 0 Å². The number of hydrogen-bond acceptors (Lipinski definition) is 3. The van der Waals surface area contributed by atoms with Crippen LogP contribution in [0.1, 0.15) is 5.56 Å². The Hall–Kier alpha value is -1.05. The first-order chi connectivity index (χ1) is 5.86. The molecular weight excluding hydrogens is 232 g/mol. The lowest BCUT2D eigenvalue weighted by Gasteiger charge is -2.03. The highest BCUT2D eigenvalue weighted by atomic mass is 79.9. The molecule has 3 nitrogen and oxygen atoms in total. The average molecular weight is 243 g/mol. The summed E-state index contributed by atoms with van der Waals surface area (Å²) in [4.78, 5) is 0. The van der Waals surface area contributed by atoms with E-state index in [1.165, 1.54) is 0 Å². The second kappa shape index (κ2) is 6.46.